The molecule has 3 aromatic heterocycles. The predicted molar refractivity (Wildman–Crippen MR) is 71.9 cm³/mol. The highest BCUT2D eigenvalue weighted by Crippen LogP contribution is 2.17. The highest BCUT2D eigenvalue weighted by atomic mass is 32.1. The first-order chi connectivity index (χ1) is 8.72. The highest BCUT2D eigenvalue weighted by Gasteiger charge is 2.05. The van der Waals surface area contributed by atoms with Crippen molar-refractivity contribution in [3.63, 3.8) is 0 Å². The number of anilines is 1. The van der Waals surface area contributed by atoms with E-state index in [1.54, 1.807) is 17.5 Å². The zero-order valence-electron chi connectivity index (χ0n) is 10.2. The van der Waals surface area contributed by atoms with Gasteiger partial charge in [0.2, 0.25) is 0 Å². The standard InChI is InChI=1S/C12H13N5S/c1-8-5-11-12(13-3-4-17(11)16-8)15-7-10-6-14-9(2)18-10/h3-6H,7H2,1-2H3,(H,13,15). The van der Waals surface area contributed by atoms with Crippen molar-refractivity contribution in [1.29, 1.82) is 0 Å². The van der Waals surface area contributed by atoms with Crippen molar-refractivity contribution < 1.29 is 0 Å². The Morgan fingerprint density at radius 3 is 3.00 bits per heavy atom. The monoisotopic (exact) mass is 259 g/mol. The molecule has 18 heavy (non-hydrogen) atoms. The van der Waals surface area contributed by atoms with Crippen LogP contribution in [0.4, 0.5) is 5.82 Å². The Hall–Kier alpha value is -1.95. The number of hydrogen-bond donors (Lipinski definition) is 1. The van der Waals surface area contributed by atoms with Crippen LogP contribution in [0.2, 0.25) is 0 Å². The summed E-state index contributed by atoms with van der Waals surface area (Å²) in [6.45, 7) is 4.72. The van der Waals surface area contributed by atoms with Crippen molar-refractivity contribution in [2.45, 2.75) is 20.4 Å². The molecule has 3 heterocycles. The van der Waals surface area contributed by atoms with Gasteiger partial charge < -0.3 is 5.32 Å². The van der Waals surface area contributed by atoms with Gasteiger partial charge in [0.05, 0.1) is 17.2 Å². The number of nitrogens with zero attached hydrogens (tertiary/aromatic N) is 4. The number of rotatable bonds is 3. The number of hydrogen-bond acceptors (Lipinski definition) is 5. The van der Waals surface area contributed by atoms with Crippen LogP contribution in [0.15, 0.2) is 24.7 Å². The van der Waals surface area contributed by atoms with Crippen molar-refractivity contribution in [2.75, 3.05) is 5.32 Å². The molecule has 0 aliphatic heterocycles. The summed E-state index contributed by atoms with van der Waals surface area (Å²) in [7, 11) is 0. The summed E-state index contributed by atoms with van der Waals surface area (Å²) in [5.41, 5.74) is 1.98. The molecule has 0 atom stereocenters. The second kappa shape index (κ2) is 4.38. The summed E-state index contributed by atoms with van der Waals surface area (Å²) < 4.78 is 1.84. The van der Waals surface area contributed by atoms with Gasteiger partial charge in [0.25, 0.3) is 0 Å². The summed E-state index contributed by atoms with van der Waals surface area (Å²) >= 11 is 1.69. The van der Waals surface area contributed by atoms with E-state index in [2.05, 4.69) is 20.4 Å². The van der Waals surface area contributed by atoms with E-state index in [4.69, 9.17) is 0 Å². The summed E-state index contributed by atoms with van der Waals surface area (Å²) in [6, 6.07) is 2.02. The molecule has 0 bridgehead atoms. The fraction of sp³-hybridized carbons (Fsp3) is 0.250. The first-order valence-electron chi connectivity index (χ1n) is 5.68. The molecule has 0 amide bonds. The Morgan fingerprint density at radius 1 is 1.33 bits per heavy atom. The maximum absolute atomic E-state index is 4.36. The second-order valence-electron chi connectivity index (χ2n) is 4.09. The number of fused-ring (bicyclic) bond motifs is 1. The number of aromatic nitrogens is 4. The molecule has 3 rings (SSSR count). The fourth-order valence-corrected chi connectivity index (χ4v) is 2.57. The fourth-order valence-electron chi connectivity index (χ4n) is 1.84. The summed E-state index contributed by atoms with van der Waals surface area (Å²) in [6.07, 6.45) is 5.50. The normalized spacial score (nSPS) is 11.0. The topological polar surface area (TPSA) is 55.1 Å². The van der Waals surface area contributed by atoms with Crippen LogP contribution in [0.25, 0.3) is 5.52 Å². The average Bonchev–Trinajstić information content (AvgIpc) is 2.91. The van der Waals surface area contributed by atoms with Gasteiger partial charge in [-0.3, -0.25) is 0 Å². The minimum Gasteiger partial charge on any atom is -0.363 e. The summed E-state index contributed by atoms with van der Waals surface area (Å²) in [5, 5.41) is 8.77. The minimum atomic E-state index is 0.738. The van der Waals surface area contributed by atoms with Crippen molar-refractivity contribution in [3.8, 4) is 0 Å². The Morgan fingerprint density at radius 2 is 2.22 bits per heavy atom. The zero-order valence-corrected chi connectivity index (χ0v) is 11.0. The molecule has 0 unspecified atom stereocenters. The molecule has 0 fully saturated rings. The van der Waals surface area contributed by atoms with Crippen molar-refractivity contribution in [1.82, 2.24) is 19.6 Å². The van der Waals surface area contributed by atoms with E-state index in [0.717, 1.165) is 28.6 Å². The second-order valence-corrected chi connectivity index (χ2v) is 5.41. The third-order valence-corrected chi connectivity index (χ3v) is 3.52. The van der Waals surface area contributed by atoms with E-state index >= 15 is 0 Å². The largest absolute Gasteiger partial charge is 0.363 e. The van der Waals surface area contributed by atoms with Crippen LogP contribution < -0.4 is 5.32 Å². The summed E-state index contributed by atoms with van der Waals surface area (Å²) in [4.78, 5) is 9.79. The van der Waals surface area contributed by atoms with Gasteiger partial charge in [-0.2, -0.15) is 5.10 Å². The van der Waals surface area contributed by atoms with Crippen LogP contribution in [-0.2, 0) is 6.54 Å². The molecule has 0 aliphatic rings. The van der Waals surface area contributed by atoms with Crippen LogP contribution in [0.3, 0.4) is 0 Å². The van der Waals surface area contributed by atoms with E-state index in [9.17, 15) is 0 Å². The number of aryl methyl sites for hydroxylation is 2. The van der Waals surface area contributed by atoms with Gasteiger partial charge in [-0.25, -0.2) is 14.5 Å². The quantitative estimate of drug-likeness (QED) is 0.784. The molecule has 3 aromatic rings. The van der Waals surface area contributed by atoms with Crippen LogP contribution in [-0.4, -0.2) is 19.6 Å². The number of nitrogens with one attached hydrogen (secondary N) is 1. The molecule has 1 N–H and O–H groups in total. The van der Waals surface area contributed by atoms with E-state index in [0.29, 0.717) is 0 Å². The van der Waals surface area contributed by atoms with Gasteiger partial charge in [0, 0.05) is 23.5 Å². The van der Waals surface area contributed by atoms with E-state index in [-0.39, 0.29) is 0 Å². The lowest BCUT2D eigenvalue weighted by Gasteiger charge is -2.04. The third-order valence-electron chi connectivity index (χ3n) is 2.61. The molecule has 0 saturated heterocycles. The van der Waals surface area contributed by atoms with Gasteiger partial charge in [0.1, 0.15) is 5.52 Å². The number of thiazole rings is 1. The van der Waals surface area contributed by atoms with Gasteiger partial charge >= 0.3 is 0 Å². The van der Waals surface area contributed by atoms with E-state index in [1.807, 2.05) is 36.8 Å². The van der Waals surface area contributed by atoms with Crippen molar-refractivity contribution in [2.24, 2.45) is 0 Å². The Balaban J connectivity index is 1.86. The molecule has 92 valence electrons. The molecule has 0 saturated carbocycles. The Kier molecular flexibility index (Phi) is 2.71. The molecular weight excluding hydrogens is 246 g/mol. The molecule has 0 radical (unpaired) electrons. The molecule has 6 heteroatoms. The van der Waals surface area contributed by atoms with E-state index in [1.165, 1.54) is 4.88 Å². The zero-order chi connectivity index (χ0) is 12.5. The van der Waals surface area contributed by atoms with Gasteiger partial charge in [0.15, 0.2) is 5.82 Å². The molecule has 0 aromatic carbocycles. The molecule has 5 nitrogen and oxygen atoms in total. The predicted octanol–water partition coefficient (Wildman–Crippen LogP) is 2.41. The Labute approximate surface area is 109 Å². The van der Waals surface area contributed by atoms with Crippen molar-refractivity contribution >= 4 is 22.7 Å². The average molecular weight is 259 g/mol. The van der Waals surface area contributed by atoms with Crippen molar-refractivity contribution in [3.05, 3.63) is 40.2 Å². The third kappa shape index (κ3) is 2.06. The summed E-state index contributed by atoms with van der Waals surface area (Å²) in [5.74, 6) is 0.851. The highest BCUT2D eigenvalue weighted by molar-refractivity contribution is 7.11. The molecule has 0 spiro atoms. The first kappa shape index (κ1) is 11.2. The molecule has 0 aliphatic carbocycles. The maximum Gasteiger partial charge on any atom is 0.152 e. The van der Waals surface area contributed by atoms with Crippen LogP contribution in [0, 0.1) is 13.8 Å². The van der Waals surface area contributed by atoms with Gasteiger partial charge in [-0.05, 0) is 19.9 Å². The lowest BCUT2D eigenvalue weighted by molar-refractivity contribution is 0.920. The SMILES string of the molecule is Cc1cc2c(NCc3cnc(C)s3)nccn2n1. The first-order valence-corrected chi connectivity index (χ1v) is 6.50. The van der Waals surface area contributed by atoms with Crippen LogP contribution in [0.5, 0.6) is 0 Å². The maximum atomic E-state index is 4.36. The minimum absolute atomic E-state index is 0.738. The Bertz CT molecular complexity index is 685. The van der Waals surface area contributed by atoms with E-state index < -0.39 is 0 Å². The lowest BCUT2D eigenvalue weighted by Crippen LogP contribution is -2.02. The van der Waals surface area contributed by atoms with Crippen LogP contribution >= 0.6 is 11.3 Å². The van der Waals surface area contributed by atoms with Gasteiger partial charge in [-0.15, -0.1) is 11.3 Å². The molecular formula is C12H13N5S. The van der Waals surface area contributed by atoms with Gasteiger partial charge in [-0.1, -0.05) is 0 Å². The van der Waals surface area contributed by atoms with Crippen LogP contribution in [0.1, 0.15) is 15.6 Å². The smallest absolute Gasteiger partial charge is 0.152 e. The lowest BCUT2D eigenvalue weighted by atomic mass is 10.4.